The average molecular weight is 322 g/mol. The maximum Gasteiger partial charge on any atom is 0.171 e. The number of ketones is 1. The molecular weight excluding hydrogens is 292 g/mol. The number of carbonyl (C=O) groups is 1. The van der Waals surface area contributed by atoms with Crippen LogP contribution in [0.1, 0.15) is 59.3 Å². The summed E-state index contributed by atoms with van der Waals surface area (Å²) in [6, 6.07) is 0. The monoisotopic (exact) mass is 322 g/mol. The highest BCUT2D eigenvalue weighted by Crippen LogP contribution is 2.47. The fraction of sp³-hybridized carbons (Fsp3) is 0.842. The Morgan fingerprint density at radius 1 is 1.26 bits per heavy atom. The molecule has 4 nitrogen and oxygen atoms in total. The van der Waals surface area contributed by atoms with E-state index >= 15 is 0 Å². The Morgan fingerprint density at radius 3 is 2.83 bits per heavy atom. The maximum atomic E-state index is 11.6. The Morgan fingerprint density at radius 2 is 2.09 bits per heavy atom. The van der Waals surface area contributed by atoms with Gasteiger partial charge in [0.2, 0.25) is 0 Å². The van der Waals surface area contributed by atoms with Gasteiger partial charge in [-0.15, -0.1) is 0 Å². The largest absolute Gasteiger partial charge is 0.497 e. The molecule has 1 spiro atoms. The number of hydrogen-bond acceptors (Lipinski definition) is 4. The first-order valence-corrected chi connectivity index (χ1v) is 9.15. The topological polar surface area (TPSA) is 44.8 Å². The van der Waals surface area contributed by atoms with Gasteiger partial charge in [-0.05, 0) is 24.7 Å². The minimum atomic E-state index is -0.427. The van der Waals surface area contributed by atoms with E-state index in [0.717, 1.165) is 25.9 Å². The van der Waals surface area contributed by atoms with E-state index in [2.05, 4.69) is 20.8 Å². The highest BCUT2D eigenvalue weighted by Gasteiger charge is 2.49. The summed E-state index contributed by atoms with van der Waals surface area (Å²) in [5, 5.41) is 0. The molecule has 130 valence electrons. The zero-order valence-electron chi connectivity index (χ0n) is 14.6. The van der Waals surface area contributed by atoms with Crippen LogP contribution in [-0.2, 0) is 19.0 Å². The van der Waals surface area contributed by atoms with Crippen LogP contribution in [0.3, 0.4) is 0 Å². The number of hydrogen-bond donors (Lipinski definition) is 0. The fourth-order valence-corrected chi connectivity index (χ4v) is 4.47. The van der Waals surface area contributed by atoms with E-state index in [4.69, 9.17) is 14.2 Å². The molecule has 0 aromatic rings. The molecule has 0 aromatic carbocycles. The van der Waals surface area contributed by atoms with Crippen LogP contribution in [0.25, 0.3) is 0 Å². The van der Waals surface area contributed by atoms with Crippen molar-refractivity contribution in [3.8, 4) is 0 Å². The first-order valence-electron chi connectivity index (χ1n) is 9.15. The lowest BCUT2D eigenvalue weighted by molar-refractivity contribution is -0.341. The number of allylic oxidation sites excluding steroid dienone is 1. The van der Waals surface area contributed by atoms with Crippen molar-refractivity contribution in [2.75, 3.05) is 6.61 Å². The molecule has 0 bridgehead atoms. The van der Waals surface area contributed by atoms with Crippen molar-refractivity contribution in [3.05, 3.63) is 12.3 Å². The van der Waals surface area contributed by atoms with Crippen molar-refractivity contribution in [3.63, 3.8) is 0 Å². The first kappa shape index (κ1) is 17.0. The predicted molar refractivity (Wildman–Crippen MR) is 87.8 cm³/mol. The van der Waals surface area contributed by atoms with Gasteiger partial charge in [0.05, 0.1) is 19.0 Å². The second-order valence-electron chi connectivity index (χ2n) is 7.89. The normalized spacial score (nSPS) is 41.3. The van der Waals surface area contributed by atoms with Gasteiger partial charge in [-0.25, -0.2) is 0 Å². The lowest BCUT2D eigenvalue weighted by Crippen LogP contribution is -2.55. The molecule has 2 heterocycles. The highest BCUT2D eigenvalue weighted by atomic mass is 16.7. The smallest absolute Gasteiger partial charge is 0.171 e. The third-order valence-electron chi connectivity index (χ3n) is 5.61. The van der Waals surface area contributed by atoms with E-state index in [1.165, 1.54) is 25.2 Å². The molecule has 5 atom stereocenters. The van der Waals surface area contributed by atoms with Crippen LogP contribution in [0.4, 0.5) is 0 Å². The van der Waals surface area contributed by atoms with Gasteiger partial charge in [-0.1, -0.05) is 27.2 Å². The molecular formula is C19H30O4. The van der Waals surface area contributed by atoms with Crippen LogP contribution in [0.15, 0.2) is 12.3 Å². The average Bonchev–Trinajstić information content (AvgIpc) is 2.46. The summed E-state index contributed by atoms with van der Waals surface area (Å²) >= 11 is 0. The third kappa shape index (κ3) is 3.80. The number of carbonyl (C=O) groups excluding carboxylic acids is 1. The van der Waals surface area contributed by atoms with Crippen molar-refractivity contribution < 1.29 is 19.0 Å². The fourth-order valence-electron chi connectivity index (χ4n) is 4.47. The molecule has 23 heavy (non-hydrogen) atoms. The van der Waals surface area contributed by atoms with E-state index in [-0.39, 0.29) is 18.0 Å². The molecule has 0 radical (unpaired) electrons. The van der Waals surface area contributed by atoms with Crippen LogP contribution >= 0.6 is 0 Å². The van der Waals surface area contributed by atoms with Gasteiger partial charge in [0.1, 0.15) is 6.10 Å². The quantitative estimate of drug-likeness (QED) is 0.792. The van der Waals surface area contributed by atoms with Gasteiger partial charge >= 0.3 is 0 Å². The maximum absolute atomic E-state index is 11.6. The minimum absolute atomic E-state index is 0.0498. The molecule has 3 aliphatic rings. The molecule has 2 fully saturated rings. The van der Waals surface area contributed by atoms with Gasteiger partial charge < -0.3 is 14.2 Å². The second-order valence-corrected chi connectivity index (χ2v) is 7.89. The molecule has 1 aliphatic carbocycles. The predicted octanol–water partition coefficient (Wildman–Crippen LogP) is 3.84. The van der Waals surface area contributed by atoms with Crippen LogP contribution < -0.4 is 0 Å². The van der Waals surface area contributed by atoms with E-state index < -0.39 is 5.79 Å². The molecule has 0 amide bonds. The lowest BCUT2D eigenvalue weighted by atomic mass is 9.72. The van der Waals surface area contributed by atoms with Crippen molar-refractivity contribution in [1.82, 2.24) is 0 Å². The zero-order chi connectivity index (χ0) is 16.4. The molecule has 0 N–H and O–H groups in total. The molecule has 3 rings (SSSR count). The Kier molecular flexibility index (Phi) is 5.12. The molecule has 1 saturated carbocycles. The standard InChI is InChI=1S/C19H30O4/c1-13(2)18-5-4-14(3)12-19(18)22-9-7-16(23-19)11-17-10-15(20)6-8-21-17/h6,8,13-14,16-18H,4-5,7,9-12H2,1-3H3/t14-,16+,17+,18+,19?/m1/s1. The summed E-state index contributed by atoms with van der Waals surface area (Å²) in [6.45, 7) is 7.58. The molecule has 2 aliphatic heterocycles. The van der Waals surface area contributed by atoms with Crippen molar-refractivity contribution in [2.24, 2.45) is 17.8 Å². The van der Waals surface area contributed by atoms with E-state index in [1.807, 2.05) is 0 Å². The third-order valence-corrected chi connectivity index (χ3v) is 5.61. The molecule has 4 heteroatoms. The van der Waals surface area contributed by atoms with E-state index in [9.17, 15) is 4.79 Å². The van der Waals surface area contributed by atoms with Gasteiger partial charge in [0.15, 0.2) is 11.6 Å². The van der Waals surface area contributed by atoms with Crippen LogP contribution in [0.2, 0.25) is 0 Å². The van der Waals surface area contributed by atoms with Gasteiger partial charge in [0, 0.05) is 31.3 Å². The summed E-state index contributed by atoms with van der Waals surface area (Å²) in [7, 11) is 0. The molecule has 1 saturated heterocycles. The van der Waals surface area contributed by atoms with Crippen LogP contribution in [0.5, 0.6) is 0 Å². The molecule has 0 aromatic heterocycles. The van der Waals surface area contributed by atoms with Crippen LogP contribution in [-0.4, -0.2) is 30.4 Å². The SMILES string of the molecule is CC(C)[C@@H]1CC[C@@H](C)CC12OCC[C@@H](C[C@@H]1CC(=O)C=CO1)O2. The van der Waals surface area contributed by atoms with E-state index in [0.29, 0.717) is 24.2 Å². The minimum Gasteiger partial charge on any atom is -0.497 e. The first-order chi connectivity index (χ1) is 11.0. The van der Waals surface area contributed by atoms with Crippen molar-refractivity contribution >= 4 is 5.78 Å². The zero-order valence-corrected chi connectivity index (χ0v) is 14.6. The van der Waals surface area contributed by atoms with E-state index in [1.54, 1.807) is 0 Å². The van der Waals surface area contributed by atoms with Crippen molar-refractivity contribution in [1.29, 1.82) is 0 Å². The molecule has 1 unspecified atom stereocenters. The van der Waals surface area contributed by atoms with Crippen molar-refractivity contribution in [2.45, 2.75) is 77.3 Å². The van der Waals surface area contributed by atoms with Gasteiger partial charge in [-0.2, -0.15) is 0 Å². The summed E-state index contributed by atoms with van der Waals surface area (Å²) in [5.41, 5.74) is 0. The Hall–Kier alpha value is -0.870. The highest BCUT2D eigenvalue weighted by molar-refractivity contribution is 5.90. The number of rotatable bonds is 3. The summed E-state index contributed by atoms with van der Waals surface area (Å²) in [4.78, 5) is 11.6. The Balaban J connectivity index is 1.68. The number of ether oxygens (including phenoxy) is 3. The summed E-state index contributed by atoms with van der Waals surface area (Å²) in [6.07, 6.45) is 8.67. The Labute approximate surface area is 139 Å². The summed E-state index contributed by atoms with van der Waals surface area (Å²) < 4.78 is 18.4. The summed E-state index contributed by atoms with van der Waals surface area (Å²) in [5.74, 6) is 1.36. The Bertz CT molecular complexity index is 458. The van der Waals surface area contributed by atoms with Crippen LogP contribution in [0, 0.1) is 17.8 Å². The second kappa shape index (κ2) is 6.94. The van der Waals surface area contributed by atoms with Gasteiger partial charge in [-0.3, -0.25) is 4.79 Å². The van der Waals surface area contributed by atoms with Gasteiger partial charge in [0.25, 0.3) is 0 Å². The lowest BCUT2D eigenvalue weighted by Gasteiger charge is -2.51.